The van der Waals surface area contributed by atoms with E-state index in [1.807, 2.05) is 12.1 Å². The number of hydrogen-bond acceptors (Lipinski definition) is 8. The molecule has 0 bridgehead atoms. The first-order chi connectivity index (χ1) is 17.4. The molecule has 0 saturated carbocycles. The van der Waals surface area contributed by atoms with Crippen molar-refractivity contribution in [3.05, 3.63) is 83.9 Å². The molecule has 0 saturated heterocycles. The van der Waals surface area contributed by atoms with Crippen molar-refractivity contribution in [3.63, 3.8) is 0 Å². The van der Waals surface area contributed by atoms with Crippen LogP contribution in [0.4, 0.5) is 5.69 Å². The first-order valence-corrected chi connectivity index (χ1v) is 14.7. The molecule has 3 aromatic rings. The zero-order chi connectivity index (χ0) is 27.2. The van der Waals surface area contributed by atoms with Crippen molar-refractivity contribution < 1.29 is 21.6 Å². The summed E-state index contributed by atoms with van der Waals surface area (Å²) >= 11 is 0. The number of rotatable bonds is 10. The second-order valence-corrected chi connectivity index (χ2v) is 11.7. The number of carbonyl (C=O) groups is 1. The van der Waals surface area contributed by atoms with Gasteiger partial charge in [0.2, 0.25) is 20.0 Å². The van der Waals surface area contributed by atoms with Gasteiger partial charge >= 0.3 is 0 Å². The Hall–Kier alpha value is -3.74. The molecule has 3 aromatic carbocycles. The molecule has 0 aromatic heterocycles. The summed E-state index contributed by atoms with van der Waals surface area (Å²) in [6.45, 7) is 1.57. The van der Waals surface area contributed by atoms with Crippen molar-refractivity contribution in [2.45, 2.75) is 24.3 Å². The van der Waals surface area contributed by atoms with E-state index in [2.05, 4.69) is 10.4 Å². The molecule has 0 unspecified atom stereocenters. The first kappa shape index (κ1) is 27.8. The fraction of sp³-hybridized carbons (Fsp3) is 0.200. The number of hydrazone groups is 1. The largest absolute Gasteiger partial charge is 0.373 e. The third-order valence-corrected chi connectivity index (χ3v) is 7.78. The Morgan fingerprint density at radius 3 is 2.30 bits per heavy atom. The number of hydrogen-bond donors (Lipinski definition) is 3. The van der Waals surface area contributed by atoms with Crippen LogP contribution in [0.2, 0.25) is 0 Å². The number of anilines is 1. The highest BCUT2D eigenvalue weighted by Crippen LogP contribution is 2.28. The van der Waals surface area contributed by atoms with Gasteiger partial charge in [-0.15, -0.1) is 0 Å². The Balaban J connectivity index is 1.95. The Labute approximate surface area is 217 Å². The predicted molar refractivity (Wildman–Crippen MR) is 145 cm³/mol. The number of primary sulfonamides is 1. The van der Waals surface area contributed by atoms with Crippen molar-refractivity contribution >= 4 is 37.9 Å². The normalized spacial score (nSPS) is 12.8. The fourth-order valence-corrected chi connectivity index (χ4v) is 5.63. The van der Waals surface area contributed by atoms with Crippen LogP contribution in [0.3, 0.4) is 0 Å². The van der Waals surface area contributed by atoms with Crippen LogP contribution < -0.4 is 16.3 Å². The molecule has 1 atom stereocenters. The maximum Gasteiger partial charge on any atom is 0.258 e. The molecule has 0 radical (unpaired) electrons. The summed E-state index contributed by atoms with van der Waals surface area (Å²) < 4.78 is 49.3. The summed E-state index contributed by atoms with van der Waals surface area (Å²) in [7, 11) is -7.72. The molecule has 0 aliphatic heterocycles. The van der Waals surface area contributed by atoms with Crippen LogP contribution in [0.5, 0.6) is 0 Å². The van der Waals surface area contributed by atoms with Gasteiger partial charge in [0.25, 0.3) is 5.91 Å². The molecule has 0 heterocycles. The third-order valence-electron chi connectivity index (χ3n) is 5.58. The van der Waals surface area contributed by atoms with Crippen molar-refractivity contribution in [2.75, 3.05) is 18.1 Å². The van der Waals surface area contributed by atoms with Gasteiger partial charge in [-0.2, -0.15) is 5.10 Å². The quantitative estimate of drug-likeness (QED) is 0.200. The van der Waals surface area contributed by atoms with Crippen LogP contribution in [0, 0.1) is 0 Å². The Morgan fingerprint density at radius 1 is 1.03 bits per heavy atom. The highest BCUT2D eigenvalue weighted by Gasteiger charge is 2.29. The van der Waals surface area contributed by atoms with Gasteiger partial charge in [0.05, 0.1) is 17.4 Å². The van der Waals surface area contributed by atoms with Crippen LogP contribution in [0.25, 0.3) is 11.1 Å². The number of nitrogens with zero attached hydrogens (tertiary/aromatic N) is 2. The average Bonchev–Trinajstić information content (AvgIpc) is 2.83. The third kappa shape index (κ3) is 7.15. The highest BCUT2D eigenvalue weighted by molar-refractivity contribution is 7.89. The van der Waals surface area contributed by atoms with E-state index in [1.165, 1.54) is 12.3 Å². The lowest BCUT2D eigenvalue weighted by Crippen LogP contribution is -2.46. The lowest BCUT2D eigenvalue weighted by molar-refractivity contribution is -0.127. The number of sulfonamides is 2. The molecule has 196 valence electrons. The molecule has 10 nitrogen and oxygen atoms in total. The second-order valence-electron chi connectivity index (χ2n) is 8.31. The smallest absolute Gasteiger partial charge is 0.258 e. The Bertz CT molecular complexity index is 1500. The topological polar surface area (TPSA) is 165 Å². The van der Waals surface area contributed by atoms with Crippen molar-refractivity contribution in [1.82, 2.24) is 4.31 Å². The van der Waals surface area contributed by atoms with Crippen LogP contribution >= 0.6 is 0 Å². The summed E-state index contributed by atoms with van der Waals surface area (Å²) in [5.41, 5.74) is 3.10. The summed E-state index contributed by atoms with van der Waals surface area (Å²) in [5, 5.41) is 12.0. The Kier molecular flexibility index (Phi) is 8.69. The standard InChI is InChI=1S/C25H29N5O5S2/c1-3-30(36(2,32)33)25(31)23(16-18-7-6-8-19(15-18)17-28-26)29-21-13-11-20(12-14-21)22-9-4-5-10-24(22)37(27,34)35/h4-15,17,23,29H,3,16,26H2,1-2H3,(H2,27,34,35)/t23-/m0/s1. The minimum absolute atomic E-state index is 0.00333. The number of carbonyl (C=O) groups excluding carboxylic acids is 1. The molecule has 0 spiro atoms. The minimum Gasteiger partial charge on any atom is -0.373 e. The monoisotopic (exact) mass is 543 g/mol. The van der Waals surface area contributed by atoms with Gasteiger partial charge in [0, 0.05) is 24.2 Å². The van der Waals surface area contributed by atoms with Crippen molar-refractivity contribution in [1.29, 1.82) is 0 Å². The summed E-state index contributed by atoms with van der Waals surface area (Å²) in [6.07, 6.45) is 2.65. The average molecular weight is 544 g/mol. The van der Waals surface area contributed by atoms with Crippen molar-refractivity contribution in [2.24, 2.45) is 16.1 Å². The summed E-state index contributed by atoms with van der Waals surface area (Å²) in [6, 6.07) is 19.4. The van der Waals surface area contributed by atoms with Crippen LogP contribution in [0.15, 0.2) is 82.8 Å². The number of nitrogens with two attached hydrogens (primary N) is 2. The van der Waals surface area contributed by atoms with Gasteiger partial charge in [-0.25, -0.2) is 26.3 Å². The van der Waals surface area contributed by atoms with E-state index in [0.29, 0.717) is 16.8 Å². The summed E-state index contributed by atoms with van der Waals surface area (Å²) in [5.74, 6) is 4.64. The van der Waals surface area contributed by atoms with Crippen molar-refractivity contribution in [3.8, 4) is 11.1 Å². The van der Waals surface area contributed by atoms with E-state index < -0.39 is 32.0 Å². The zero-order valence-corrected chi connectivity index (χ0v) is 22.0. The molecule has 0 fully saturated rings. The molecule has 0 aliphatic rings. The number of nitrogens with one attached hydrogen (secondary N) is 1. The molecule has 37 heavy (non-hydrogen) atoms. The van der Waals surface area contributed by atoms with E-state index in [9.17, 15) is 21.6 Å². The van der Waals surface area contributed by atoms with E-state index in [0.717, 1.165) is 21.7 Å². The van der Waals surface area contributed by atoms with Gasteiger partial charge in [-0.05, 0) is 41.8 Å². The van der Waals surface area contributed by atoms with E-state index in [1.54, 1.807) is 61.5 Å². The second kappa shape index (κ2) is 11.5. The van der Waals surface area contributed by atoms with Crippen LogP contribution in [-0.4, -0.2) is 52.1 Å². The predicted octanol–water partition coefficient (Wildman–Crippen LogP) is 2.12. The van der Waals surface area contributed by atoms with E-state index >= 15 is 0 Å². The lowest BCUT2D eigenvalue weighted by atomic mass is 10.0. The number of likely N-dealkylation sites (N-methyl/N-ethyl adjacent to an activating group) is 1. The van der Waals surface area contributed by atoms with Gasteiger partial charge in [0.15, 0.2) is 0 Å². The van der Waals surface area contributed by atoms with Gasteiger partial charge in [-0.3, -0.25) is 4.79 Å². The first-order valence-electron chi connectivity index (χ1n) is 11.3. The van der Waals surface area contributed by atoms with E-state index in [-0.39, 0.29) is 17.9 Å². The number of amides is 1. The summed E-state index contributed by atoms with van der Waals surface area (Å²) in [4.78, 5) is 13.3. The maximum absolute atomic E-state index is 13.3. The van der Waals surface area contributed by atoms with Gasteiger partial charge in [-0.1, -0.05) is 54.6 Å². The number of benzene rings is 3. The minimum atomic E-state index is -3.93. The molecular weight excluding hydrogens is 514 g/mol. The zero-order valence-electron chi connectivity index (χ0n) is 20.4. The fourth-order valence-electron chi connectivity index (χ4n) is 3.95. The molecule has 0 aliphatic carbocycles. The maximum atomic E-state index is 13.3. The lowest BCUT2D eigenvalue weighted by Gasteiger charge is -2.26. The van der Waals surface area contributed by atoms with E-state index in [4.69, 9.17) is 11.0 Å². The van der Waals surface area contributed by atoms with Crippen LogP contribution in [0.1, 0.15) is 18.1 Å². The molecule has 12 heteroatoms. The molecule has 5 N–H and O–H groups in total. The van der Waals surface area contributed by atoms with Gasteiger partial charge < -0.3 is 11.2 Å². The molecule has 3 rings (SSSR count). The van der Waals surface area contributed by atoms with Gasteiger partial charge in [0.1, 0.15) is 6.04 Å². The SMILES string of the molecule is CCN(C(=O)[C@H](Cc1cccc(C=NN)c1)Nc1ccc(-c2ccccc2S(N)(=O)=O)cc1)S(C)(=O)=O. The molecular formula is C25H29N5O5S2. The van der Waals surface area contributed by atoms with Crippen LogP contribution in [-0.2, 0) is 31.3 Å². The highest BCUT2D eigenvalue weighted by atomic mass is 32.2. The molecule has 1 amide bonds. The Morgan fingerprint density at radius 2 is 1.70 bits per heavy atom.